The first-order valence-corrected chi connectivity index (χ1v) is 10.9. The number of carbonyl (C=O) groups is 1. The lowest BCUT2D eigenvalue weighted by molar-refractivity contribution is 0.0771. The van der Waals surface area contributed by atoms with Crippen molar-refractivity contribution in [3.05, 3.63) is 47.5 Å². The molecule has 1 aliphatic heterocycles. The summed E-state index contributed by atoms with van der Waals surface area (Å²) in [5.41, 5.74) is 1.33. The van der Waals surface area contributed by atoms with Gasteiger partial charge in [0.05, 0.1) is 22.3 Å². The van der Waals surface area contributed by atoms with Crippen molar-refractivity contribution in [2.75, 3.05) is 26.2 Å². The van der Waals surface area contributed by atoms with Gasteiger partial charge in [0.1, 0.15) is 5.82 Å². The van der Waals surface area contributed by atoms with Crippen LogP contribution < -0.4 is 0 Å². The average molecular weight is 408 g/mol. The van der Waals surface area contributed by atoms with E-state index in [0.717, 1.165) is 17.8 Å². The number of piperidine rings is 1. The fourth-order valence-electron chi connectivity index (χ4n) is 3.60. The molecule has 0 unspecified atom stereocenters. The van der Waals surface area contributed by atoms with E-state index in [0.29, 0.717) is 44.6 Å². The van der Waals surface area contributed by atoms with Crippen molar-refractivity contribution in [1.29, 1.82) is 0 Å². The van der Waals surface area contributed by atoms with Crippen molar-refractivity contribution in [1.82, 2.24) is 19.4 Å². The van der Waals surface area contributed by atoms with E-state index in [-0.39, 0.29) is 16.7 Å². The maximum Gasteiger partial charge on any atom is 0.257 e. The molecule has 0 bridgehead atoms. The maximum absolute atomic E-state index is 13.1. The predicted octanol–water partition coefficient (Wildman–Crippen LogP) is 2.60. The molecule has 0 radical (unpaired) electrons. The first-order chi connectivity index (χ1) is 13.4. The van der Waals surface area contributed by atoms with Gasteiger partial charge in [-0.05, 0) is 51.0 Å². The highest BCUT2D eigenvalue weighted by molar-refractivity contribution is 7.89. The van der Waals surface area contributed by atoms with Crippen LogP contribution in [-0.2, 0) is 10.0 Å². The molecule has 2 aromatic rings. The van der Waals surface area contributed by atoms with Gasteiger partial charge in [-0.3, -0.25) is 9.89 Å². The molecule has 2 heterocycles. The first-order valence-electron chi connectivity index (χ1n) is 9.46. The zero-order chi connectivity index (χ0) is 20.3. The number of hydrogen-bond donors (Lipinski definition) is 1. The second kappa shape index (κ2) is 8.40. The summed E-state index contributed by atoms with van der Waals surface area (Å²) in [5, 5.41) is 7.00. The molecule has 1 aromatic carbocycles. The van der Waals surface area contributed by atoms with E-state index in [4.69, 9.17) is 0 Å². The fourth-order valence-corrected chi connectivity index (χ4v) is 5.07. The molecule has 0 aliphatic carbocycles. The fraction of sp³-hybridized carbons (Fsp3) is 0.474. The standard InChI is InChI=1S/C19H25FN4O3S/c1-3-23(4-2)19(25)17-13-21-22-18(17)14-9-11-24(12-10-14)28(26,27)16-7-5-15(20)6-8-16/h5-8,13-14H,3-4,9-12H2,1-2H3,(H,21,22). The Kier molecular flexibility index (Phi) is 6.14. The summed E-state index contributed by atoms with van der Waals surface area (Å²) >= 11 is 0. The smallest absolute Gasteiger partial charge is 0.257 e. The minimum Gasteiger partial charge on any atom is -0.339 e. The van der Waals surface area contributed by atoms with Crippen LogP contribution in [0.25, 0.3) is 0 Å². The number of halogens is 1. The largest absolute Gasteiger partial charge is 0.339 e. The second-order valence-corrected chi connectivity index (χ2v) is 8.75. The second-order valence-electron chi connectivity index (χ2n) is 6.81. The van der Waals surface area contributed by atoms with Crippen LogP contribution in [0.5, 0.6) is 0 Å². The summed E-state index contributed by atoms with van der Waals surface area (Å²) in [6.07, 6.45) is 2.72. The zero-order valence-electron chi connectivity index (χ0n) is 16.1. The van der Waals surface area contributed by atoms with Crippen LogP contribution >= 0.6 is 0 Å². The summed E-state index contributed by atoms with van der Waals surface area (Å²) in [6, 6.07) is 4.86. The number of hydrogen-bond acceptors (Lipinski definition) is 4. The number of rotatable bonds is 6. The van der Waals surface area contributed by atoms with Crippen LogP contribution in [0.15, 0.2) is 35.4 Å². The molecule has 7 nitrogen and oxygen atoms in total. The number of benzene rings is 1. The van der Waals surface area contributed by atoms with Crippen LogP contribution in [0, 0.1) is 5.82 Å². The molecule has 1 amide bonds. The average Bonchev–Trinajstić information content (AvgIpc) is 3.19. The van der Waals surface area contributed by atoms with Crippen molar-refractivity contribution in [3.8, 4) is 0 Å². The number of aromatic nitrogens is 2. The summed E-state index contributed by atoms with van der Waals surface area (Å²) < 4.78 is 40.0. The van der Waals surface area contributed by atoms with Gasteiger partial charge in [-0.2, -0.15) is 9.40 Å². The Labute approximate surface area is 164 Å². The Morgan fingerprint density at radius 2 is 1.82 bits per heavy atom. The SMILES string of the molecule is CCN(CC)C(=O)c1cn[nH]c1C1CCN(S(=O)(=O)c2ccc(F)cc2)CC1. The van der Waals surface area contributed by atoms with E-state index in [2.05, 4.69) is 10.2 Å². The molecule has 3 rings (SSSR count). The highest BCUT2D eigenvalue weighted by Gasteiger charge is 2.32. The minimum atomic E-state index is -3.65. The van der Waals surface area contributed by atoms with Gasteiger partial charge < -0.3 is 4.90 Å². The molecule has 1 fully saturated rings. The van der Waals surface area contributed by atoms with E-state index in [1.54, 1.807) is 11.1 Å². The molecule has 9 heteroatoms. The quantitative estimate of drug-likeness (QED) is 0.796. The van der Waals surface area contributed by atoms with Gasteiger partial charge in [-0.1, -0.05) is 0 Å². The number of carbonyl (C=O) groups excluding carboxylic acids is 1. The minimum absolute atomic E-state index is 0.0386. The van der Waals surface area contributed by atoms with Gasteiger partial charge in [0.2, 0.25) is 10.0 Å². The Morgan fingerprint density at radius 3 is 2.39 bits per heavy atom. The van der Waals surface area contributed by atoms with Crippen LogP contribution in [0.2, 0.25) is 0 Å². The summed E-state index contributed by atoms with van der Waals surface area (Å²) in [4.78, 5) is 14.5. The van der Waals surface area contributed by atoms with Gasteiger partial charge in [0.25, 0.3) is 5.91 Å². The molecular formula is C19H25FN4O3S. The molecule has 1 aliphatic rings. The predicted molar refractivity (Wildman–Crippen MR) is 103 cm³/mol. The number of nitrogens with one attached hydrogen (secondary N) is 1. The van der Waals surface area contributed by atoms with Crippen molar-refractivity contribution in [2.24, 2.45) is 0 Å². The Morgan fingerprint density at radius 1 is 1.21 bits per heavy atom. The summed E-state index contributed by atoms with van der Waals surface area (Å²) in [5.74, 6) is -0.492. The topological polar surface area (TPSA) is 86.4 Å². The van der Waals surface area contributed by atoms with Gasteiger partial charge in [0.15, 0.2) is 0 Å². The Bertz CT molecular complexity index is 915. The van der Waals surface area contributed by atoms with E-state index in [1.165, 1.54) is 16.4 Å². The van der Waals surface area contributed by atoms with Crippen LogP contribution in [0.4, 0.5) is 4.39 Å². The van der Waals surface area contributed by atoms with Crippen LogP contribution in [-0.4, -0.2) is 59.9 Å². The first kappa shape index (κ1) is 20.5. The monoisotopic (exact) mass is 408 g/mol. The van der Waals surface area contributed by atoms with Crippen LogP contribution in [0.1, 0.15) is 48.7 Å². The molecule has 1 N–H and O–H groups in total. The third-order valence-electron chi connectivity index (χ3n) is 5.26. The van der Waals surface area contributed by atoms with Crippen LogP contribution in [0.3, 0.4) is 0 Å². The van der Waals surface area contributed by atoms with E-state index >= 15 is 0 Å². The van der Waals surface area contributed by atoms with E-state index in [1.807, 2.05) is 13.8 Å². The number of H-pyrrole nitrogens is 1. The van der Waals surface area contributed by atoms with E-state index in [9.17, 15) is 17.6 Å². The lowest BCUT2D eigenvalue weighted by Gasteiger charge is -2.31. The molecule has 0 atom stereocenters. The lowest BCUT2D eigenvalue weighted by Crippen LogP contribution is -2.38. The summed E-state index contributed by atoms with van der Waals surface area (Å²) in [6.45, 7) is 5.77. The van der Waals surface area contributed by atoms with Crippen molar-refractivity contribution >= 4 is 15.9 Å². The number of amides is 1. The zero-order valence-corrected chi connectivity index (χ0v) is 16.9. The number of nitrogens with zero attached hydrogens (tertiary/aromatic N) is 3. The van der Waals surface area contributed by atoms with Gasteiger partial charge in [-0.25, -0.2) is 12.8 Å². The third-order valence-corrected chi connectivity index (χ3v) is 7.18. The highest BCUT2D eigenvalue weighted by atomic mass is 32.2. The molecule has 28 heavy (non-hydrogen) atoms. The van der Waals surface area contributed by atoms with Gasteiger partial charge >= 0.3 is 0 Å². The van der Waals surface area contributed by atoms with Gasteiger partial charge in [-0.15, -0.1) is 0 Å². The Balaban J connectivity index is 1.72. The van der Waals surface area contributed by atoms with Crippen molar-refractivity contribution < 1.29 is 17.6 Å². The summed E-state index contributed by atoms with van der Waals surface area (Å²) in [7, 11) is -3.65. The van der Waals surface area contributed by atoms with E-state index < -0.39 is 15.8 Å². The normalized spacial score (nSPS) is 16.2. The third kappa shape index (κ3) is 3.95. The molecule has 0 spiro atoms. The Hall–Kier alpha value is -2.26. The molecule has 0 saturated carbocycles. The van der Waals surface area contributed by atoms with Crippen molar-refractivity contribution in [2.45, 2.75) is 37.5 Å². The maximum atomic E-state index is 13.1. The number of aromatic amines is 1. The molecule has 1 saturated heterocycles. The molecule has 152 valence electrons. The molecule has 1 aromatic heterocycles. The molecular weight excluding hydrogens is 383 g/mol. The lowest BCUT2D eigenvalue weighted by atomic mass is 9.92. The highest BCUT2D eigenvalue weighted by Crippen LogP contribution is 2.31. The van der Waals surface area contributed by atoms with Gasteiger partial charge in [0, 0.05) is 32.1 Å². The number of sulfonamides is 1. The van der Waals surface area contributed by atoms with Crippen molar-refractivity contribution in [3.63, 3.8) is 0 Å².